The third-order valence-corrected chi connectivity index (χ3v) is 5.14. The van der Waals surface area contributed by atoms with Crippen molar-refractivity contribution in [2.75, 3.05) is 19.1 Å². The normalized spacial score (nSPS) is 25.3. The zero-order valence-electron chi connectivity index (χ0n) is 13.6. The summed E-state index contributed by atoms with van der Waals surface area (Å²) in [5.74, 6) is 2.55. The summed E-state index contributed by atoms with van der Waals surface area (Å²) in [7, 11) is 3.41. The van der Waals surface area contributed by atoms with Gasteiger partial charge >= 0.3 is 0 Å². The zero-order chi connectivity index (χ0) is 16.4. The Balaban J connectivity index is 2.07. The smallest absolute Gasteiger partial charge is 0.218 e. The lowest BCUT2D eigenvalue weighted by Crippen LogP contribution is -2.48. The lowest BCUT2D eigenvalue weighted by Gasteiger charge is -2.42. The molecule has 5 nitrogen and oxygen atoms in total. The Kier molecular flexibility index (Phi) is 2.97. The number of nitrogens with zero attached hydrogens (tertiary/aromatic N) is 3. The Morgan fingerprint density at radius 1 is 1.26 bits per heavy atom. The fraction of sp³-hybridized carbons (Fsp3) is 0.353. The average Bonchev–Trinajstić information content (AvgIpc) is 3.02. The molecule has 4 rings (SSSR count). The van der Waals surface area contributed by atoms with Crippen molar-refractivity contribution in [2.24, 2.45) is 0 Å². The molecule has 0 saturated heterocycles. The summed E-state index contributed by atoms with van der Waals surface area (Å²) in [4.78, 5) is 6.73. The lowest BCUT2D eigenvalue weighted by atomic mass is 9.78. The van der Waals surface area contributed by atoms with Crippen molar-refractivity contribution in [3.05, 3.63) is 47.2 Å². The summed E-state index contributed by atoms with van der Waals surface area (Å²) >= 11 is 4.61. The van der Waals surface area contributed by atoms with Gasteiger partial charge in [-0.05, 0) is 25.5 Å². The molecule has 23 heavy (non-hydrogen) atoms. The van der Waals surface area contributed by atoms with Crippen LogP contribution in [0.25, 0.3) is 5.70 Å². The summed E-state index contributed by atoms with van der Waals surface area (Å²) in [6, 6.07) is 0. The molecule has 0 aromatic carbocycles. The van der Waals surface area contributed by atoms with Crippen molar-refractivity contribution in [1.82, 2.24) is 9.55 Å². The van der Waals surface area contributed by atoms with Gasteiger partial charge in [0.05, 0.1) is 31.1 Å². The van der Waals surface area contributed by atoms with Crippen molar-refractivity contribution in [3.63, 3.8) is 0 Å². The molecule has 2 aliphatic heterocycles. The third kappa shape index (κ3) is 1.62. The summed E-state index contributed by atoms with van der Waals surface area (Å²) in [5, 5.41) is 0.807. The van der Waals surface area contributed by atoms with Crippen LogP contribution < -0.4 is 4.90 Å². The molecule has 0 bridgehead atoms. The van der Waals surface area contributed by atoms with Crippen molar-refractivity contribution in [2.45, 2.75) is 30.8 Å². The predicted octanol–water partition coefficient (Wildman–Crippen LogP) is 3.34. The molecule has 120 valence electrons. The number of thiol groups is 1. The van der Waals surface area contributed by atoms with Gasteiger partial charge < -0.3 is 9.47 Å². The first-order valence-electron chi connectivity index (χ1n) is 7.51. The maximum atomic E-state index is 5.66. The summed E-state index contributed by atoms with van der Waals surface area (Å²) < 4.78 is 13.4. The van der Waals surface area contributed by atoms with Crippen LogP contribution >= 0.6 is 12.6 Å². The number of allylic oxidation sites excluding steroid dienone is 3. The van der Waals surface area contributed by atoms with Gasteiger partial charge in [-0.2, -0.15) is 0 Å². The van der Waals surface area contributed by atoms with E-state index in [0.29, 0.717) is 0 Å². The summed E-state index contributed by atoms with van der Waals surface area (Å²) in [6.45, 7) is 4.21. The molecule has 0 fully saturated rings. The molecule has 1 aliphatic carbocycles. The van der Waals surface area contributed by atoms with Gasteiger partial charge in [0.25, 0.3) is 0 Å². The first kappa shape index (κ1) is 14.5. The highest BCUT2D eigenvalue weighted by atomic mass is 32.1. The van der Waals surface area contributed by atoms with Crippen molar-refractivity contribution in [3.8, 4) is 0 Å². The molecule has 0 saturated carbocycles. The van der Waals surface area contributed by atoms with E-state index < -0.39 is 0 Å². The molecule has 0 N–H and O–H groups in total. The monoisotopic (exact) mass is 329 g/mol. The SMILES string of the molecule is COC1=CC=CC23CC(C)=C(OC)C(C)=C2n2c(S)cnc2N13. The Morgan fingerprint density at radius 2 is 2.04 bits per heavy atom. The number of anilines is 1. The topological polar surface area (TPSA) is 39.5 Å². The van der Waals surface area contributed by atoms with Crippen LogP contribution in [0.3, 0.4) is 0 Å². The first-order chi connectivity index (χ1) is 11.0. The van der Waals surface area contributed by atoms with Gasteiger partial charge in [-0.1, -0.05) is 12.2 Å². The Hall–Kier alpha value is -2.08. The van der Waals surface area contributed by atoms with E-state index in [9.17, 15) is 0 Å². The highest BCUT2D eigenvalue weighted by Gasteiger charge is 2.54. The summed E-state index contributed by atoms with van der Waals surface area (Å²) in [6.07, 6.45) is 8.82. The second-order valence-electron chi connectivity index (χ2n) is 6.04. The van der Waals surface area contributed by atoms with Gasteiger partial charge in [0.2, 0.25) is 5.95 Å². The van der Waals surface area contributed by atoms with E-state index in [4.69, 9.17) is 9.47 Å². The van der Waals surface area contributed by atoms with Crippen LogP contribution in [0.4, 0.5) is 5.95 Å². The van der Waals surface area contributed by atoms with Crippen molar-refractivity contribution >= 4 is 24.3 Å². The zero-order valence-corrected chi connectivity index (χ0v) is 14.5. The number of fused-ring (bicyclic) bond motifs is 3. The van der Waals surface area contributed by atoms with Gasteiger partial charge in [0, 0.05) is 12.0 Å². The predicted molar refractivity (Wildman–Crippen MR) is 92.1 cm³/mol. The van der Waals surface area contributed by atoms with E-state index in [1.165, 1.54) is 5.57 Å². The van der Waals surface area contributed by atoms with Gasteiger partial charge in [0.1, 0.15) is 11.3 Å². The average molecular weight is 329 g/mol. The minimum atomic E-state index is -0.336. The van der Waals surface area contributed by atoms with Gasteiger partial charge in [0.15, 0.2) is 5.88 Å². The highest BCUT2D eigenvalue weighted by Crippen LogP contribution is 2.54. The number of ether oxygens (including phenoxy) is 2. The summed E-state index contributed by atoms with van der Waals surface area (Å²) in [5.41, 5.74) is 3.12. The molecule has 0 amide bonds. The molecule has 6 heteroatoms. The third-order valence-electron chi connectivity index (χ3n) is 4.82. The Morgan fingerprint density at radius 3 is 2.74 bits per heavy atom. The van der Waals surface area contributed by atoms with Crippen LogP contribution in [-0.4, -0.2) is 29.3 Å². The van der Waals surface area contributed by atoms with Gasteiger partial charge in [-0.25, -0.2) is 4.98 Å². The molecular formula is C17H19N3O2S. The van der Waals surface area contributed by atoms with Crippen molar-refractivity contribution < 1.29 is 9.47 Å². The van der Waals surface area contributed by atoms with Crippen LogP contribution in [0.1, 0.15) is 20.3 Å². The van der Waals surface area contributed by atoms with E-state index in [-0.39, 0.29) is 5.54 Å². The fourth-order valence-electron chi connectivity index (χ4n) is 4.11. The van der Waals surface area contributed by atoms with Crippen LogP contribution in [-0.2, 0) is 9.47 Å². The standard InChI is InChI=1S/C17H19N3O2S/c1-10-8-17-7-5-6-12(21-3)20(17)16-18-9-13(23)19(16)15(17)11(2)14(10)22-4/h5-7,9,23H,8H2,1-4H3. The number of methoxy groups -OCH3 is 2. The molecule has 0 radical (unpaired) electrons. The van der Waals surface area contributed by atoms with Crippen LogP contribution in [0, 0.1) is 0 Å². The molecule has 3 heterocycles. The van der Waals surface area contributed by atoms with Crippen LogP contribution in [0.15, 0.2) is 52.2 Å². The minimum absolute atomic E-state index is 0.336. The molecule has 1 atom stereocenters. The molecule has 1 aromatic rings. The molecule has 3 aliphatic rings. The van der Waals surface area contributed by atoms with E-state index in [2.05, 4.69) is 53.1 Å². The van der Waals surface area contributed by atoms with E-state index >= 15 is 0 Å². The number of rotatable bonds is 2. The molecular weight excluding hydrogens is 310 g/mol. The number of imidazole rings is 1. The first-order valence-corrected chi connectivity index (χ1v) is 7.96. The van der Waals surface area contributed by atoms with Crippen molar-refractivity contribution in [1.29, 1.82) is 0 Å². The second kappa shape index (κ2) is 4.71. The maximum absolute atomic E-state index is 5.66. The van der Waals surface area contributed by atoms with E-state index in [1.807, 2.05) is 6.08 Å². The van der Waals surface area contributed by atoms with Gasteiger partial charge in [-0.3, -0.25) is 9.47 Å². The number of aromatic nitrogens is 2. The molecule has 1 spiro atoms. The second-order valence-corrected chi connectivity index (χ2v) is 6.50. The Labute approximate surface area is 141 Å². The highest BCUT2D eigenvalue weighted by molar-refractivity contribution is 7.80. The van der Waals surface area contributed by atoms with Crippen LogP contribution in [0.2, 0.25) is 0 Å². The maximum Gasteiger partial charge on any atom is 0.218 e. The lowest BCUT2D eigenvalue weighted by molar-refractivity contribution is 0.262. The number of hydrogen-bond acceptors (Lipinski definition) is 5. The number of hydrogen-bond donors (Lipinski definition) is 1. The minimum Gasteiger partial charge on any atom is -0.496 e. The molecule has 1 unspecified atom stereocenters. The quantitative estimate of drug-likeness (QED) is 0.845. The molecule has 1 aromatic heterocycles. The Bertz CT molecular complexity index is 831. The van der Waals surface area contributed by atoms with Gasteiger partial charge in [-0.15, -0.1) is 12.6 Å². The van der Waals surface area contributed by atoms with E-state index in [1.54, 1.807) is 20.4 Å². The fourth-order valence-corrected chi connectivity index (χ4v) is 4.36. The van der Waals surface area contributed by atoms with Crippen LogP contribution in [0.5, 0.6) is 0 Å². The largest absolute Gasteiger partial charge is 0.496 e. The van der Waals surface area contributed by atoms with E-state index in [0.717, 1.165) is 40.3 Å².